The van der Waals surface area contributed by atoms with Gasteiger partial charge in [0.2, 0.25) is 5.88 Å². The molecule has 4 aromatic rings. The number of aromatic nitrogens is 2. The molecule has 1 N–H and O–H groups in total. The molecule has 1 heterocycles. The van der Waals surface area contributed by atoms with Crippen molar-refractivity contribution in [1.82, 2.24) is 9.97 Å². The number of fused-ring (bicyclic) bond motifs is 1. The van der Waals surface area contributed by atoms with Crippen LogP contribution >= 0.6 is 11.6 Å². The van der Waals surface area contributed by atoms with Crippen molar-refractivity contribution < 1.29 is 54.8 Å². The summed E-state index contributed by atoms with van der Waals surface area (Å²) in [6.07, 6.45) is -3.75. The van der Waals surface area contributed by atoms with Gasteiger partial charge in [-0.15, -0.1) is 0 Å². The predicted octanol–water partition coefficient (Wildman–Crippen LogP) is 7.01. The molecule has 0 saturated carbocycles. The van der Waals surface area contributed by atoms with E-state index in [2.05, 4.69) is 9.97 Å². The van der Waals surface area contributed by atoms with Gasteiger partial charge in [0.05, 0.1) is 40.3 Å². The number of hydrogen-bond acceptors (Lipinski definition) is 8. The minimum atomic E-state index is -4.91. The zero-order valence-corrected chi connectivity index (χ0v) is 24.3. The van der Waals surface area contributed by atoms with Gasteiger partial charge < -0.3 is 29.0 Å². The van der Waals surface area contributed by atoms with Crippen LogP contribution < -0.4 is 19.5 Å². The summed E-state index contributed by atoms with van der Waals surface area (Å²) in [5, 5.41) is 1.27. The number of rotatable bonds is 13. The Kier molecular flexibility index (Phi) is 10.6. The number of nitrogens with one attached hydrogen (secondary N) is 1. The molecule has 0 atom stereocenters. The Morgan fingerprint density at radius 3 is 2.13 bits per heavy atom. The minimum absolute atomic E-state index is 0.0834. The van der Waals surface area contributed by atoms with E-state index in [1.165, 1.54) is 20.3 Å². The van der Waals surface area contributed by atoms with E-state index in [-0.39, 0.29) is 37.2 Å². The van der Waals surface area contributed by atoms with Crippen LogP contribution in [0.3, 0.4) is 0 Å². The van der Waals surface area contributed by atoms with Crippen molar-refractivity contribution in [2.24, 2.45) is 0 Å². The van der Waals surface area contributed by atoms with Gasteiger partial charge in [-0.25, -0.2) is 14.4 Å². The summed E-state index contributed by atoms with van der Waals surface area (Å²) in [5.41, 5.74) is -2.97. The summed E-state index contributed by atoms with van der Waals surface area (Å²) in [6, 6.07) is 7.33. The van der Waals surface area contributed by atoms with Gasteiger partial charge in [-0.3, -0.25) is 4.79 Å². The topological polar surface area (TPSA) is 101 Å². The van der Waals surface area contributed by atoms with Crippen molar-refractivity contribution in [3.05, 3.63) is 76.8 Å². The molecule has 45 heavy (non-hydrogen) atoms. The number of carbonyl (C=O) groups is 1. The Hall–Kier alpha value is -4.34. The molecule has 0 aliphatic carbocycles. The number of benzene rings is 3. The van der Waals surface area contributed by atoms with E-state index < -0.39 is 45.7 Å². The number of alkyl halides is 5. The van der Waals surface area contributed by atoms with Crippen molar-refractivity contribution >= 4 is 34.1 Å². The Morgan fingerprint density at radius 1 is 0.844 bits per heavy atom. The minimum Gasteiger partial charge on any atom is -0.487 e. The highest BCUT2D eigenvalue weighted by Gasteiger charge is 2.44. The molecular formula is C29H24ClF6N3O6. The zero-order chi connectivity index (χ0) is 32.8. The molecule has 0 radical (unpaired) electrons. The third-order valence-corrected chi connectivity index (χ3v) is 6.39. The van der Waals surface area contributed by atoms with Crippen LogP contribution in [0.25, 0.3) is 10.9 Å². The van der Waals surface area contributed by atoms with Crippen LogP contribution in [0.2, 0.25) is 5.02 Å². The number of hydrogen-bond donors (Lipinski definition) is 1. The molecule has 4 rings (SSSR count). The molecule has 0 aliphatic heterocycles. The molecule has 0 saturated heterocycles. The van der Waals surface area contributed by atoms with Crippen LogP contribution in [0, 0.1) is 5.82 Å². The van der Waals surface area contributed by atoms with Gasteiger partial charge in [-0.2, -0.15) is 22.0 Å². The monoisotopic (exact) mass is 659 g/mol. The van der Waals surface area contributed by atoms with E-state index in [4.69, 9.17) is 35.3 Å². The normalized spacial score (nSPS) is 11.8. The van der Waals surface area contributed by atoms with Crippen molar-refractivity contribution in [1.29, 1.82) is 0 Å². The van der Waals surface area contributed by atoms with Crippen LogP contribution in [0.1, 0.15) is 11.1 Å². The zero-order valence-electron chi connectivity index (χ0n) is 23.5. The second-order valence-corrected chi connectivity index (χ2v) is 9.55. The highest BCUT2D eigenvalue weighted by Crippen LogP contribution is 2.39. The molecule has 240 valence electrons. The standard InChI is InChI=1S/C29H24ClF6N3O6/c1-41-7-9-43-24-13-18-23(14-25(24)44-10-8-42-2)37-15-38-26(18)45-17-4-5-19(22(31)12-17)28(32,33)27(40)39-16-3-6-21(30)20(11-16)29(34,35)36/h3-6,11-15H,7-10H2,1-2H3,(H,39,40). The van der Waals surface area contributed by atoms with E-state index in [0.717, 1.165) is 24.5 Å². The average molecular weight is 660 g/mol. The van der Waals surface area contributed by atoms with E-state index in [0.29, 0.717) is 41.5 Å². The van der Waals surface area contributed by atoms with Gasteiger partial charge in [-0.05, 0) is 36.4 Å². The first-order chi connectivity index (χ1) is 21.3. The first-order valence-corrected chi connectivity index (χ1v) is 13.3. The quantitative estimate of drug-likeness (QED) is 0.121. The van der Waals surface area contributed by atoms with Gasteiger partial charge >= 0.3 is 12.1 Å². The molecule has 0 bridgehead atoms. The largest absolute Gasteiger partial charge is 0.487 e. The van der Waals surface area contributed by atoms with Crippen molar-refractivity contribution in [3.8, 4) is 23.1 Å². The molecule has 1 amide bonds. The fourth-order valence-corrected chi connectivity index (χ4v) is 4.12. The van der Waals surface area contributed by atoms with Crippen LogP contribution in [0.4, 0.5) is 32.0 Å². The van der Waals surface area contributed by atoms with E-state index in [1.54, 1.807) is 11.4 Å². The van der Waals surface area contributed by atoms with Crippen LogP contribution in [-0.4, -0.2) is 56.5 Å². The summed E-state index contributed by atoms with van der Waals surface area (Å²) >= 11 is 5.52. The van der Waals surface area contributed by atoms with Crippen LogP contribution in [0.15, 0.2) is 54.9 Å². The maximum atomic E-state index is 15.0. The summed E-state index contributed by atoms with van der Waals surface area (Å²) < 4.78 is 111. The van der Waals surface area contributed by atoms with Gasteiger partial charge in [0.25, 0.3) is 5.91 Å². The van der Waals surface area contributed by atoms with Crippen molar-refractivity contribution in [2.45, 2.75) is 12.1 Å². The van der Waals surface area contributed by atoms with E-state index >= 15 is 0 Å². The lowest BCUT2D eigenvalue weighted by Crippen LogP contribution is -2.33. The highest BCUT2D eigenvalue weighted by atomic mass is 35.5. The highest BCUT2D eigenvalue weighted by molar-refractivity contribution is 6.31. The molecule has 0 spiro atoms. The Labute approximate surface area is 257 Å². The fraction of sp³-hybridized carbons (Fsp3) is 0.276. The number of halogens is 7. The molecule has 1 aromatic heterocycles. The Balaban J connectivity index is 1.58. The van der Waals surface area contributed by atoms with Crippen LogP contribution in [-0.2, 0) is 26.4 Å². The molecule has 0 fully saturated rings. The lowest BCUT2D eigenvalue weighted by atomic mass is 10.1. The third-order valence-electron chi connectivity index (χ3n) is 6.06. The van der Waals surface area contributed by atoms with Crippen molar-refractivity contribution in [3.63, 3.8) is 0 Å². The molecule has 3 aromatic carbocycles. The number of ether oxygens (including phenoxy) is 5. The maximum Gasteiger partial charge on any atom is 0.417 e. The van der Waals surface area contributed by atoms with E-state index in [9.17, 15) is 31.1 Å². The Bertz CT molecular complexity index is 1670. The fourth-order valence-electron chi connectivity index (χ4n) is 3.89. The second-order valence-electron chi connectivity index (χ2n) is 9.14. The maximum absolute atomic E-state index is 15.0. The summed E-state index contributed by atoms with van der Waals surface area (Å²) in [5.74, 6) is -7.82. The lowest BCUT2D eigenvalue weighted by molar-refractivity contribution is -0.141. The second kappa shape index (κ2) is 14.2. The van der Waals surface area contributed by atoms with Gasteiger partial charge in [0, 0.05) is 32.0 Å². The Morgan fingerprint density at radius 2 is 1.51 bits per heavy atom. The summed E-state index contributed by atoms with van der Waals surface area (Å²) in [4.78, 5) is 20.6. The number of methoxy groups -OCH3 is 2. The van der Waals surface area contributed by atoms with Gasteiger partial charge in [-0.1, -0.05) is 11.6 Å². The number of anilines is 1. The van der Waals surface area contributed by atoms with Gasteiger partial charge in [0.1, 0.15) is 31.1 Å². The lowest BCUT2D eigenvalue weighted by Gasteiger charge is -2.18. The molecular weight excluding hydrogens is 636 g/mol. The van der Waals surface area contributed by atoms with Crippen molar-refractivity contribution in [2.75, 3.05) is 46.0 Å². The molecule has 0 aliphatic rings. The predicted molar refractivity (Wildman–Crippen MR) is 150 cm³/mol. The third kappa shape index (κ3) is 8.04. The van der Waals surface area contributed by atoms with Crippen LogP contribution in [0.5, 0.6) is 23.1 Å². The first kappa shape index (κ1) is 33.6. The summed E-state index contributed by atoms with van der Waals surface area (Å²) in [7, 11) is 3.01. The number of amides is 1. The molecule has 16 heteroatoms. The number of carbonyl (C=O) groups excluding carboxylic acids is 1. The molecule has 9 nitrogen and oxygen atoms in total. The number of nitrogens with zero attached hydrogens (tertiary/aromatic N) is 2. The van der Waals surface area contributed by atoms with E-state index in [1.807, 2.05) is 0 Å². The van der Waals surface area contributed by atoms with Gasteiger partial charge in [0.15, 0.2) is 11.5 Å². The average Bonchev–Trinajstić information content (AvgIpc) is 2.98. The molecule has 0 unspecified atom stereocenters. The summed E-state index contributed by atoms with van der Waals surface area (Å²) in [6.45, 7) is 0.949. The SMILES string of the molecule is COCCOc1cc2ncnc(Oc3ccc(C(F)(F)C(=O)Nc4ccc(Cl)c(C(F)(F)F)c4)c(F)c3)c2cc1OCCOC. The smallest absolute Gasteiger partial charge is 0.417 e. The first-order valence-electron chi connectivity index (χ1n) is 12.9.